The minimum atomic E-state index is -4.46. The average molecular weight is 453 g/mol. The second kappa shape index (κ2) is 7.64. The summed E-state index contributed by atoms with van der Waals surface area (Å²) in [5.41, 5.74) is 0.961. The molecule has 0 spiro atoms. The summed E-state index contributed by atoms with van der Waals surface area (Å²) >= 11 is 3.39. The molecule has 2 rings (SSSR count). The first-order valence-electron chi connectivity index (χ1n) is 8.34. The van der Waals surface area contributed by atoms with E-state index in [1.165, 1.54) is 13.8 Å². The van der Waals surface area contributed by atoms with E-state index >= 15 is 0 Å². The van der Waals surface area contributed by atoms with E-state index in [4.69, 9.17) is 5.14 Å². The molecule has 1 aromatic carbocycles. The lowest BCUT2D eigenvalue weighted by atomic mass is 9.89. The third-order valence-corrected chi connectivity index (χ3v) is 6.20. The Hall–Kier alpha value is -0.860. The van der Waals surface area contributed by atoms with Crippen LogP contribution >= 0.6 is 15.9 Å². The van der Waals surface area contributed by atoms with Gasteiger partial charge in [0, 0.05) is 28.1 Å². The van der Waals surface area contributed by atoms with E-state index in [1.807, 2.05) is 24.5 Å². The van der Waals surface area contributed by atoms with Gasteiger partial charge >= 0.3 is 6.18 Å². The van der Waals surface area contributed by atoms with Crippen molar-refractivity contribution in [1.82, 2.24) is 4.57 Å². The van der Waals surface area contributed by atoms with Crippen LogP contribution in [0.2, 0.25) is 0 Å². The molecule has 0 bridgehead atoms. The van der Waals surface area contributed by atoms with Gasteiger partial charge in [-0.15, -0.1) is 0 Å². The Balaban J connectivity index is 2.65. The molecule has 0 fully saturated rings. The Morgan fingerprint density at radius 2 is 1.88 bits per heavy atom. The summed E-state index contributed by atoms with van der Waals surface area (Å²) in [5, 5.41) is 6.00. The van der Waals surface area contributed by atoms with Gasteiger partial charge in [-0.1, -0.05) is 35.8 Å². The lowest BCUT2D eigenvalue weighted by molar-refractivity contribution is -0.152. The molecule has 2 atom stereocenters. The lowest BCUT2D eigenvalue weighted by Crippen LogP contribution is -2.37. The number of nitrogens with zero attached hydrogens (tertiary/aromatic N) is 1. The van der Waals surface area contributed by atoms with Gasteiger partial charge in [0.2, 0.25) is 0 Å². The quantitative estimate of drug-likeness (QED) is 0.617. The van der Waals surface area contributed by atoms with E-state index in [-0.39, 0.29) is 17.9 Å². The fraction of sp³-hybridized carbons (Fsp3) is 0.556. The third kappa shape index (κ3) is 4.70. The van der Waals surface area contributed by atoms with Crippen molar-refractivity contribution in [2.75, 3.05) is 0 Å². The molecule has 0 aliphatic carbocycles. The van der Waals surface area contributed by atoms with Gasteiger partial charge in [-0.05, 0) is 43.9 Å². The molecule has 2 N–H and O–H groups in total. The van der Waals surface area contributed by atoms with E-state index < -0.39 is 27.8 Å². The molecule has 146 valence electrons. The molecule has 26 heavy (non-hydrogen) atoms. The predicted molar refractivity (Wildman–Crippen MR) is 104 cm³/mol. The van der Waals surface area contributed by atoms with E-state index in [9.17, 15) is 17.4 Å². The molecule has 3 nitrogen and oxygen atoms in total. The van der Waals surface area contributed by atoms with Gasteiger partial charge in [0.05, 0.1) is 21.7 Å². The van der Waals surface area contributed by atoms with Crippen LogP contribution in [0.25, 0.3) is 10.9 Å². The zero-order chi connectivity index (χ0) is 19.9. The molecule has 2 aromatic rings. The van der Waals surface area contributed by atoms with Gasteiger partial charge in [0.15, 0.2) is 0 Å². The highest BCUT2D eigenvalue weighted by molar-refractivity contribution is 9.10. The van der Waals surface area contributed by atoms with Crippen LogP contribution in [0, 0.1) is 5.92 Å². The van der Waals surface area contributed by atoms with Gasteiger partial charge < -0.3 is 4.57 Å². The van der Waals surface area contributed by atoms with Crippen LogP contribution in [-0.4, -0.2) is 19.7 Å². The zero-order valence-electron chi connectivity index (χ0n) is 15.2. The van der Waals surface area contributed by atoms with Gasteiger partial charge in [-0.2, -0.15) is 13.2 Å². The first-order valence-corrected chi connectivity index (χ1v) is 10.3. The number of fused-ring (bicyclic) bond motifs is 1. The number of hydrogen-bond donors (Lipinski definition) is 1. The fourth-order valence-electron chi connectivity index (χ4n) is 3.09. The Kier molecular flexibility index (Phi) is 6.30. The molecule has 1 unspecified atom stereocenters. The summed E-state index contributed by atoms with van der Waals surface area (Å²) in [4.78, 5) is 0. The lowest BCUT2D eigenvalue weighted by Gasteiger charge is -2.28. The Morgan fingerprint density at radius 3 is 2.38 bits per heavy atom. The monoisotopic (exact) mass is 452 g/mol. The van der Waals surface area contributed by atoms with E-state index in [1.54, 1.807) is 18.3 Å². The molecule has 0 aliphatic rings. The Labute approximate surface area is 162 Å². The first kappa shape index (κ1) is 21.4. The molecule has 8 heteroatoms. The van der Waals surface area contributed by atoms with Crippen molar-refractivity contribution < 1.29 is 17.4 Å². The summed E-state index contributed by atoms with van der Waals surface area (Å²) in [6, 6.07) is 5.28. The van der Waals surface area contributed by atoms with E-state index in [0.717, 1.165) is 9.99 Å². The largest absolute Gasteiger partial charge is 0.395 e. The molecule has 1 aromatic heterocycles. The van der Waals surface area contributed by atoms with Gasteiger partial charge in [-0.3, -0.25) is 5.14 Å². The van der Waals surface area contributed by atoms with Gasteiger partial charge in [0.1, 0.15) is 0 Å². The summed E-state index contributed by atoms with van der Waals surface area (Å²) < 4.78 is 55.0. The number of rotatable bonds is 6. The van der Waals surface area contributed by atoms with Crippen molar-refractivity contribution in [3.05, 3.63) is 34.4 Å². The van der Waals surface area contributed by atoms with Crippen molar-refractivity contribution in [3.63, 3.8) is 0 Å². The Bertz CT molecular complexity index is 815. The molecular weight excluding hydrogens is 429 g/mol. The van der Waals surface area contributed by atoms with Crippen LogP contribution < -0.4 is 5.14 Å². The summed E-state index contributed by atoms with van der Waals surface area (Å²) in [5.74, 6) is -1.45. The van der Waals surface area contributed by atoms with Crippen molar-refractivity contribution >= 4 is 37.8 Å². The number of hydrogen-bond acceptors (Lipinski definition) is 1. The van der Waals surface area contributed by atoms with Crippen molar-refractivity contribution in [1.29, 1.82) is 0 Å². The number of halogens is 4. The smallest absolute Gasteiger partial charge is 0.347 e. The minimum absolute atomic E-state index is 0.208. The molecule has 0 aliphatic heterocycles. The van der Waals surface area contributed by atoms with Crippen LogP contribution in [0.1, 0.15) is 45.6 Å². The highest BCUT2D eigenvalue weighted by atomic mass is 79.9. The van der Waals surface area contributed by atoms with Crippen molar-refractivity contribution in [2.24, 2.45) is 11.1 Å². The van der Waals surface area contributed by atoms with Crippen LogP contribution in [0.3, 0.4) is 0 Å². The van der Waals surface area contributed by atoms with Crippen molar-refractivity contribution in [3.8, 4) is 0 Å². The van der Waals surface area contributed by atoms with Gasteiger partial charge in [-0.25, -0.2) is 4.21 Å². The summed E-state index contributed by atoms with van der Waals surface area (Å²) in [6.07, 6.45) is -3.21. The van der Waals surface area contributed by atoms with Gasteiger partial charge in [0.25, 0.3) is 0 Å². The zero-order valence-corrected chi connectivity index (χ0v) is 17.6. The maximum absolute atomic E-state index is 13.9. The van der Waals surface area contributed by atoms with Crippen molar-refractivity contribution in [2.45, 2.75) is 57.5 Å². The predicted octanol–water partition coefficient (Wildman–Crippen LogP) is 5.50. The molecular formula is C18H24BrF3N2OS. The van der Waals surface area contributed by atoms with E-state index in [2.05, 4.69) is 15.9 Å². The third-order valence-electron chi connectivity index (χ3n) is 4.45. The molecule has 0 saturated carbocycles. The van der Waals surface area contributed by atoms with Crippen LogP contribution in [0.5, 0.6) is 0 Å². The maximum Gasteiger partial charge on any atom is 0.395 e. The second-order valence-corrected chi connectivity index (χ2v) is 10.3. The SMILES string of the molecule is CC(C)Cn1cc([C@H](CC(C)(C)S(N)=O)C(F)(F)F)c2ccc(Br)cc21. The maximum atomic E-state index is 13.9. The average Bonchev–Trinajstić information content (AvgIpc) is 2.80. The standard InChI is InChI=1S/C18H24BrF3N2OS/c1-11(2)9-24-10-14(13-6-5-12(19)7-16(13)24)15(18(20,21)22)8-17(3,4)26(23)25/h5-7,10-11,15H,8-9,23H2,1-4H3/t15-,26?/m0/s1. The molecule has 0 radical (unpaired) electrons. The fourth-order valence-corrected chi connectivity index (χ4v) is 3.77. The Morgan fingerprint density at radius 1 is 1.27 bits per heavy atom. The number of aromatic nitrogens is 1. The molecule has 0 amide bonds. The molecule has 1 heterocycles. The van der Waals surface area contributed by atoms with Crippen LogP contribution in [-0.2, 0) is 17.5 Å². The van der Waals surface area contributed by atoms with E-state index in [0.29, 0.717) is 11.9 Å². The van der Waals surface area contributed by atoms with Crippen LogP contribution in [0.4, 0.5) is 13.2 Å². The number of nitrogens with two attached hydrogens (primary N) is 1. The number of benzene rings is 1. The first-order chi connectivity index (χ1) is 11.8. The topological polar surface area (TPSA) is 48.0 Å². The highest BCUT2D eigenvalue weighted by Gasteiger charge is 2.46. The van der Waals surface area contributed by atoms with Crippen LogP contribution in [0.15, 0.2) is 28.9 Å². The number of alkyl halides is 3. The minimum Gasteiger partial charge on any atom is -0.347 e. The highest BCUT2D eigenvalue weighted by Crippen LogP contribution is 2.44. The second-order valence-electron chi connectivity index (χ2n) is 7.65. The summed E-state index contributed by atoms with van der Waals surface area (Å²) in [7, 11) is -1.86. The normalized spacial score (nSPS) is 15.6. The molecule has 0 saturated heterocycles. The summed E-state index contributed by atoms with van der Waals surface area (Å²) in [6.45, 7) is 7.66.